The van der Waals surface area contributed by atoms with Crippen molar-refractivity contribution in [2.75, 3.05) is 27.2 Å². The van der Waals surface area contributed by atoms with E-state index in [-0.39, 0.29) is 5.63 Å². The summed E-state index contributed by atoms with van der Waals surface area (Å²) >= 11 is 0. The third-order valence-electron chi connectivity index (χ3n) is 3.20. The Morgan fingerprint density at radius 1 is 1.35 bits per heavy atom. The SMILES string of the molecule is Cc1cc(=O)oc2c1=CC=C(OCCCN(C)C)CC=2. The minimum absolute atomic E-state index is 0.304. The second-order valence-corrected chi connectivity index (χ2v) is 5.24. The maximum absolute atomic E-state index is 11.4. The predicted molar refractivity (Wildman–Crippen MR) is 79.7 cm³/mol. The normalized spacial score (nSPS) is 13.9. The van der Waals surface area contributed by atoms with Crippen LogP contribution in [0.15, 0.2) is 27.1 Å². The zero-order valence-electron chi connectivity index (χ0n) is 12.3. The highest BCUT2D eigenvalue weighted by Crippen LogP contribution is 2.07. The number of hydrogen-bond donors (Lipinski definition) is 0. The minimum Gasteiger partial charge on any atom is -0.498 e. The summed E-state index contributed by atoms with van der Waals surface area (Å²) in [7, 11) is 4.10. The molecule has 0 spiro atoms. The van der Waals surface area contributed by atoms with Gasteiger partial charge in [0.25, 0.3) is 0 Å². The van der Waals surface area contributed by atoms with E-state index < -0.39 is 0 Å². The van der Waals surface area contributed by atoms with Crippen LogP contribution in [-0.4, -0.2) is 32.1 Å². The molecule has 2 rings (SSSR count). The largest absolute Gasteiger partial charge is 0.498 e. The fraction of sp³-hybridized carbons (Fsp3) is 0.438. The lowest BCUT2D eigenvalue weighted by atomic mass is 10.2. The van der Waals surface area contributed by atoms with Crippen LogP contribution in [0.2, 0.25) is 0 Å². The van der Waals surface area contributed by atoms with Crippen LogP contribution < -0.4 is 16.3 Å². The van der Waals surface area contributed by atoms with Gasteiger partial charge in [0.2, 0.25) is 0 Å². The maximum atomic E-state index is 11.4. The Hall–Kier alpha value is -1.81. The van der Waals surface area contributed by atoms with Crippen LogP contribution in [0.4, 0.5) is 0 Å². The number of allylic oxidation sites excluding steroid dienone is 2. The van der Waals surface area contributed by atoms with Gasteiger partial charge in [-0.2, -0.15) is 0 Å². The molecule has 1 aliphatic rings. The molecule has 0 radical (unpaired) electrons. The van der Waals surface area contributed by atoms with E-state index in [1.807, 2.05) is 39.2 Å². The highest BCUT2D eigenvalue weighted by Gasteiger charge is 2.03. The molecule has 4 nitrogen and oxygen atoms in total. The summed E-state index contributed by atoms with van der Waals surface area (Å²) in [6, 6.07) is 1.51. The molecule has 1 aliphatic carbocycles. The van der Waals surface area contributed by atoms with Crippen molar-refractivity contribution in [1.82, 2.24) is 4.90 Å². The number of nitrogens with zero attached hydrogens (tertiary/aromatic N) is 1. The van der Waals surface area contributed by atoms with E-state index in [1.165, 1.54) is 6.07 Å². The fourth-order valence-corrected chi connectivity index (χ4v) is 2.14. The van der Waals surface area contributed by atoms with Gasteiger partial charge in [-0.15, -0.1) is 0 Å². The van der Waals surface area contributed by atoms with Crippen LogP contribution in [0.25, 0.3) is 12.2 Å². The third-order valence-corrected chi connectivity index (χ3v) is 3.20. The molecule has 1 heterocycles. The van der Waals surface area contributed by atoms with E-state index >= 15 is 0 Å². The van der Waals surface area contributed by atoms with E-state index in [2.05, 4.69) is 4.90 Å². The predicted octanol–water partition coefficient (Wildman–Crippen LogP) is 0.765. The van der Waals surface area contributed by atoms with Crippen molar-refractivity contribution >= 4 is 12.2 Å². The van der Waals surface area contributed by atoms with Crippen molar-refractivity contribution in [3.8, 4) is 0 Å². The molecule has 0 saturated carbocycles. The molecule has 0 bridgehead atoms. The quantitative estimate of drug-likeness (QED) is 0.744. The van der Waals surface area contributed by atoms with E-state index in [0.717, 1.165) is 29.5 Å². The van der Waals surface area contributed by atoms with Crippen molar-refractivity contribution in [2.45, 2.75) is 19.8 Å². The van der Waals surface area contributed by atoms with Crippen molar-refractivity contribution < 1.29 is 9.15 Å². The lowest BCUT2D eigenvalue weighted by Gasteiger charge is -2.11. The Labute approximate surface area is 118 Å². The summed E-state index contributed by atoms with van der Waals surface area (Å²) in [5.41, 5.74) is 1.26. The molecular weight excluding hydrogens is 254 g/mol. The number of ether oxygens (including phenoxy) is 1. The average molecular weight is 275 g/mol. The second-order valence-electron chi connectivity index (χ2n) is 5.24. The van der Waals surface area contributed by atoms with Gasteiger partial charge in [0.05, 0.1) is 12.4 Å². The van der Waals surface area contributed by atoms with E-state index in [9.17, 15) is 4.79 Å². The first-order valence-corrected chi connectivity index (χ1v) is 6.85. The fourth-order valence-electron chi connectivity index (χ4n) is 2.14. The Kier molecular flexibility index (Phi) is 4.79. The Balaban J connectivity index is 2.09. The molecule has 0 amide bonds. The van der Waals surface area contributed by atoms with Crippen molar-refractivity contribution in [3.05, 3.63) is 44.5 Å². The monoisotopic (exact) mass is 275 g/mol. The summed E-state index contributed by atoms with van der Waals surface area (Å²) < 4.78 is 11.0. The standard InChI is InChI=1S/C16H21NO3/c1-12-11-16(18)20-15-8-6-13(5-7-14(12)15)19-10-4-9-17(2)3/h5,7-8,11H,4,6,9-10H2,1-3H3. The number of fused-ring (bicyclic) bond motifs is 1. The Morgan fingerprint density at radius 2 is 2.15 bits per heavy atom. The van der Waals surface area contributed by atoms with Gasteiger partial charge in [0.15, 0.2) is 0 Å². The van der Waals surface area contributed by atoms with Gasteiger partial charge in [0.1, 0.15) is 5.42 Å². The number of rotatable bonds is 5. The zero-order chi connectivity index (χ0) is 14.5. The first-order chi connectivity index (χ1) is 9.56. The first kappa shape index (κ1) is 14.6. The van der Waals surface area contributed by atoms with Crippen molar-refractivity contribution in [1.29, 1.82) is 0 Å². The van der Waals surface area contributed by atoms with Gasteiger partial charge in [0, 0.05) is 24.3 Å². The zero-order valence-corrected chi connectivity index (χ0v) is 12.3. The number of hydrogen-bond acceptors (Lipinski definition) is 4. The van der Waals surface area contributed by atoms with Crippen molar-refractivity contribution in [3.63, 3.8) is 0 Å². The van der Waals surface area contributed by atoms with Gasteiger partial charge in [-0.05, 0) is 51.2 Å². The minimum atomic E-state index is -0.304. The molecule has 1 aromatic heterocycles. The number of aryl methyl sites for hydroxylation is 1. The van der Waals surface area contributed by atoms with Crippen LogP contribution in [0.3, 0.4) is 0 Å². The van der Waals surface area contributed by atoms with Crippen molar-refractivity contribution in [2.24, 2.45) is 0 Å². The van der Waals surface area contributed by atoms with Crippen LogP contribution in [-0.2, 0) is 4.74 Å². The first-order valence-electron chi connectivity index (χ1n) is 6.85. The third kappa shape index (κ3) is 3.84. The summed E-state index contributed by atoms with van der Waals surface area (Å²) in [4.78, 5) is 13.5. The second kappa shape index (κ2) is 6.57. The Morgan fingerprint density at radius 3 is 2.90 bits per heavy atom. The van der Waals surface area contributed by atoms with Gasteiger partial charge >= 0.3 is 5.63 Å². The van der Waals surface area contributed by atoms with E-state index in [1.54, 1.807) is 0 Å². The van der Waals surface area contributed by atoms with Gasteiger partial charge < -0.3 is 14.1 Å². The van der Waals surface area contributed by atoms with Gasteiger partial charge in [-0.3, -0.25) is 0 Å². The highest BCUT2D eigenvalue weighted by molar-refractivity contribution is 5.45. The highest BCUT2D eigenvalue weighted by atomic mass is 16.5. The van der Waals surface area contributed by atoms with Crippen LogP contribution in [0.5, 0.6) is 0 Å². The molecule has 108 valence electrons. The molecule has 0 N–H and O–H groups in total. The molecular formula is C16H21NO3. The summed E-state index contributed by atoms with van der Waals surface area (Å²) in [5.74, 6) is 0.905. The molecule has 0 fully saturated rings. The Bertz CT molecular complexity index is 668. The molecule has 0 aliphatic heterocycles. The topological polar surface area (TPSA) is 42.7 Å². The lowest BCUT2D eigenvalue weighted by molar-refractivity contribution is 0.194. The molecule has 4 heteroatoms. The van der Waals surface area contributed by atoms with E-state index in [4.69, 9.17) is 9.15 Å². The molecule has 0 atom stereocenters. The summed E-state index contributed by atoms with van der Waals surface area (Å²) in [6.07, 6.45) is 7.47. The van der Waals surface area contributed by atoms with Gasteiger partial charge in [-0.1, -0.05) is 0 Å². The molecule has 0 unspecified atom stereocenters. The smallest absolute Gasteiger partial charge is 0.336 e. The van der Waals surface area contributed by atoms with Crippen LogP contribution >= 0.6 is 0 Å². The molecule has 1 aromatic rings. The summed E-state index contributed by atoms with van der Waals surface area (Å²) in [6.45, 7) is 3.62. The maximum Gasteiger partial charge on any atom is 0.336 e. The molecule has 0 saturated heterocycles. The van der Waals surface area contributed by atoms with E-state index in [0.29, 0.717) is 18.4 Å². The van der Waals surface area contributed by atoms with Gasteiger partial charge in [-0.25, -0.2) is 4.79 Å². The molecule has 20 heavy (non-hydrogen) atoms. The molecule has 0 aromatic carbocycles. The van der Waals surface area contributed by atoms with Crippen LogP contribution in [0.1, 0.15) is 18.4 Å². The average Bonchev–Trinajstić information content (AvgIpc) is 2.57. The lowest BCUT2D eigenvalue weighted by Crippen LogP contribution is -2.30. The summed E-state index contributed by atoms with van der Waals surface area (Å²) in [5, 5.41) is 0.955. The van der Waals surface area contributed by atoms with Crippen LogP contribution in [0, 0.1) is 6.92 Å².